The Balaban J connectivity index is 1.90. The molecule has 0 radical (unpaired) electrons. The van der Waals surface area contributed by atoms with E-state index in [-0.39, 0.29) is 12.5 Å². The molecule has 0 saturated heterocycles. The standard InChI is InChI=1S/C16H27N3O2/c17-13-16(8-3-1-2-4-9-16)18-15(21)12-19(10-11-20)14-6-5-7-14/h14,20H,1-12H2,(H,18,21). The summed E-state index contributed by atoms with van der Waals surface area (Å²) in [6.45, 7) is 0.916. The largest absolute Gasteiger partial charge is 0.395 e. The van der Waals surface area contributed by atoms with E-state index in [1.807, 2.05) is 0 Å². The van der Waals surface area contributed by atoms with Crippen LogP contribution < -0.4 is 5.32 Å². The van der Waals surface area contributed by atoms with E-state index in [0.717, 1.165) is 51.4 Å². The molecule has 0 atom stereocenters. The third-order valence-corrected chi connectivity index (χ3v) is 4.87. The molecule has 0 aromatic heterocycles. The van der Waals surface area contributed by atoms with Gasteiger partial charge < -0.3 is 10.4 Å². The predicted molar refractivity (Wildman–Crippen MR) is 80.5 cm³/mol. The molecule has 2 fully saturated rings. The Labute approximate surface area is 127 Å². The second kappa shape index (κ2) is 7.77. The van der Waals surface area contributed by atoms with Crippen LogP contribution in [0.5, 0.6) is 0 Å². The average Bonchev–Trinajstić information content (AvgIpc) is 2.63. The number of carbonyl (C=O) groups is 1. The van der Waals surface area contributed by atoms with Gasteiger partial charge in [0.2, 0.25) is 5.91 Å². The van der Waals surface area contributed by atoms with Crippen LogP contribution in [0.4, 0.5) is 0 Å². The van der Waals surface area contributed by atoms with Crippen LogP contribution in [0, 0.1) is 11.3 Å². The Bertz CT molecular complexity index is 379. The summed E-state index contributed by atoms with van der Waals surface area (Å²) < 4.78 is 0. The lowest BCUT2D eigenvalue weighted by atomic mass is 9.90. The zero-order valence-electron chi connectivity index (χ0n) is 12.8. The number of carbonyl (C=O) groups excluding carboxylic acids is 1. The van der Waals surface area contributed by atoms with Crippen LogP contribution >= 0.6 is 0 Å². The number of aliphatic hydroxyl groups excluding tert-OH is 1. The van der Waals surface area contributed by atoms with E-state index < -0.39 is 5.54 Å². The van der Waals surface area contributed by atoms with Crippen molar-refractivity contribution in [2.75, 3.05) is 19.7 Å². The van der Waals surface area contributed by atoms with Crippen molar-refractivity contribution in [1.82, 2.24) is 10.2 Å². The Kier molecular flexibility index (Phi) is 6.01. The molecule has 0 aromatic carbocycles. The highest BCUT2D eigenvalue weighted by molar-refractivity contribution is 5.79. The second-order valence-electron chi connectivity index (χ2n) is 6.44. The first kappa shape index (κ1) is 16.3. The number of nitrogens with one attached hydrogen (secondary N) is 1. The van der Waals surface area contributed by atoms with Crippen molar-refractivity contribution < 1.29 is 9.90 Å². The lowest BCUT2D eigenvalue weighted by molar-refractivity contribution is -0.124. The van der Waals surface area contributed by atoms with Crippen LogP contribution in [0.2, 0.25) is 0 Å². The van der Waals surface area contributed by atoms with Crippen molar-refractivity contribution in [3.05, 3.63) is 0 Å². The third kappa shape index (κ3) is 4.42. The average molecular weight is 293 g/mol. The Morgan fingerprint density at radius 3 is 2.38 bits per heavy atom. The maximum absolute atomic E-state index is 12.3. The molecule has 21 heavy (non-hydrogen) atoms. The topological polar surface area (TPSA) is 76.4 Å². The van der Waals surface area contributed by atoms with Crippen molar-refractivity contribution in [2.24, 2.45) is 0 Å². The quantitative estimate of drug-likeness (QED) is 0.729. The lowest BCUT2D eigenvalue weighted by Gasteiger charge is -2.37. The van der Waals surface area contributed by atoms with Crippen LogP contribution in [0.1, 0.15) is 57.8 Å². The van der Waals surface area contributed by atoms with Crippen molar-refractivity contribution >= 4 is 5.91 Å². The third-order valence-electron chi connectivity index (χ3n) is 4.87. The van der Waals surface area contributed by atoms with E-state index in [2.05, 4.69) is 16.3 Å². The molecule has 2 aliphatic rings. The van der Waals surface area contributed by atoms with Gasteiger partial charge in [0.25, 0.3) is 0 Å². The van der Waals surface area contributed by atoms with E-state index in [9.17, 15) is 10.1 Å². The number of amides is 1. The molecule has 0 bridgehead atoms. The monoisotopic (exact) mass is 293 g/mol. The molecular formula is C16H27N3O2. The highest BCUT2D eigenvalue weighted by Gasteiger charge is 2.34. The Morgan fingerprint density at radius 1 is 1.24 bits per heavy atom. The van der Waals surface area contributed by atoms with Gasteiger partial charge in [-0.15, -0.1) is 0 Å². The van der Waals surface area contributed by atoms with Gasteiger partial charge >= 0.3 is 0 Å². The number of rotatable bonds is 6. The number of hydrogen-bond acceptors (Lipinski definition) is 4. The first-order valence-corrected chi connectivity index (χ1v) is 8.26. The summed E-state index contributed by atoms with van der Waals surface area (Å²) in [6.07, 6.45) is 9.27. The van der Waals surface area contributed by atoms with Gasteiger partial charge in [-0.3, -0.25) is 9.69 Å². The molecule has 2 rings (SSSR count). The molecule has 5 heteroatoms. The molecule has 0 aliphatic heterocycles. The zero-order chi connectivity index (χ0) is 15.1. The summed E-state index contributed by atoms with van der Waals surface area (Å²) in [7, 11) is 0. The van der Waals surface area contributed by atoms with Crippen LogP contribution in [0.15, 0.2) is 0 Å². The van der Waals surface area contributed by atoms with E-state index in [1.54, 1.807) is 0 Å². The van der Waals surface area contributed by atoms with Crippen molar-refractivity contribution in [3.63, 3.8) is 0 Å². The molecule has 5 nitrogen and oxygen atoms in total. The number of aliphatic hydroxyl groups is 1. The molecule has 118 valence electrons. The molecule has 2 N–H and O–H groups in total. The summed E-state index contributed by atoms with van der Waals surface area (Å²) in [4.78, 5) is 14.4. The van der Waals surface area contributed by atoms with Gasteiger partial charge in [-0.2, -0.15) is 5.26 Å². The van der Waals surface area contributed by atoms with Gasteiger partial charge in [-0.25, -0.2) is 0 Å². The number of hydrogen-bond donors (Lipinski definition) is 2. The second-order valence-corrected chi connectivity index (χ2v) is 6.44. The molecule has 0 heterocycles. The number of nitrogens with zero attached hydrogens (tertiary/aromatic N) is 2. The molecule has 2 saturated carbocycles. The fraction of sp³-hybridized carbons (Fsp3) is 0.875. The first-order chi connectivity index (χ1) is 10.2. The van der Waals surface area contributed by atoms with E-state index >= 15 is 0 Å². The van der Waals surface area contributed by atoms with Crippen LogP contribution in [-0.2, 0) is 4.79 Å². The summed E-state index contributed by atoms with van der Waals surface area (Å²) in [6, 6.07) is 2.78. The van der Waals surface area contributed by atoms with Crippen LogP contribution in [0.3, 0.4) is 0 Å². The van der Waals surface area contributed by atoms with E-state index in [4.69, 9.17) is 5.11 Å². The minimum Gasteiger partial charge on any atom is -0.395 e. The fourth-order valence-electron chi connectivity index (χ4n) is 3.36. The van der Waals surface area contributed by atoms with E-state index in [1.165, 1.54) is 6.42 Å². The van der Waals surface area contributed by atoms with E-state index in [0.29, 0.717) is 19.1 Å². The van der Waals surface area contributed by atoms with Crippen LogP contribution in [0.25, 0.3) is 0 Å². The Morgan fingerprint density at radius 2 is 1.90 bits per heavy atom. The van der Waals surface area contributed by atoms with Gasteiger partial charge in [0.05, 0.1) is 19.2 Å². The lowest BCUT2D eigenvalue weighted by Crippen LogP contribution is -2.53. The maximum Gasteiger partial charge on any atom is 0.235 e. The van der Waals surface area contributed by atoms with Crippen LogP contribution in [-0.4, -0.2) is 47.2 Å². The van der Waals surface area contributed by atoms with Gasteiger partial charge in [0.15, 0.2) is 0 Å². The minimum atomic E-state index is -0.669. The van der Waals surface area contributed by atoms with Crippen molar-refractivity contribution in [2.45, 2.75) is 69.4 Å². The molecule has 0 unspecified atom stereocenters. The summed E-state index contributed by atoms with van der Waals surface area (Å²) in [5.41, 5.74) is -0.669. The van der Waals surface area contributed by atoms with Gasteiger partial charge in [-0.1, -0.05) is 32.1 Å². The SMILES string of the molecule is N#CC1(NC(=O)CN(CCO)C2CCC2)CCCCCC1. The number of nitriles is 1. The summed E-state index contributed by atoms with van der Waals surface area (Å²) in [5, 5.41) is 21.6. The molecular weight excluding hydrogens is 266 g/mol. The first-order valence-electron chi connectivity index (χ1n) is 8.26. The smallest absolute Gasteiger partial charge is 0.235 e. The predicted octanol–water partition coefficient (Wildman–Crippen LogP) is 1.57. The Hall–Kier alpha value is -1.12. The normalized spacial score (nSPS) is 22.1. The van der Waals surface area contributed by atoms with Crippen molar-refractivity contribution in [3.8, 4) is 6.07 Å². The van der Waals surface area contributed by atoms with Crippen molar-refractivity contribution in [1.29, 1.82) is 5.26 Å². The highest BCUT2D eigenvalue weighted by Crippen LogP contribution is 2.27. The molecule has 2 aliphatic carbocycles. The maximum atomic E-state index is 12.3. The fourth-order valence-corrected chi connectivity index (χ4v) is 3.36. The zero-order valence-corrected chi connectivity index (χ0v) is 12.8. The molecule has 1 amide bonds. The molecule has 0 spiro atoms. The van der Waals surface area contributed by atoms with Gasteiger partial charge in [0, 0.05) is 12.6 Å². The van der Waals surface area contributed by atoms with Gasteiger partial charge in [-0.05, 0) is 25.7 Å². The summed E-state index contributed by atoms with van der Waals surface area (Å²) in [5.74, 6) is -0.0706. The van der Waals surface area contributed by atoms with Gasteiger partial charge in [0.1, 0.15) is 5.54 Å². The highest BCUT2D eigenvalue weighted by atomic mass is 16.3. The minimum absolute atomic E-state index is 0.0706. The summed E-state index contributed by atoms with van der Waals surface area (Å²) >= 11 is 0. The molecule has 0 aromatic rings.